The summed E-state index contributed by atoms with van der Waals surface area (Å²) >= 11 is 0. The van der Waals surface area contributed by atoms with Gasteiger partial charge in [-0.05, 0) is 62.4 Å². The zero-order chi connectivity index (χ0) is 32.8. The number of rotatable bonds is 10. The summed E-state index contributed by atoms with van der Waals surface area (Å²) in [5.74, 6) is 0.419. The van der Waals surface area contributed by atoms with E-state index in [0.717, 1.165) is 37.2 Å². The topological polar surface area (TPSA) is 134 Å². The molecular formula is C36H43N7O4. The molecule has 3 amide bonds. The predicted molar refractivity (Wildman–Crippen MR) is 181 cm³/mol. The summed E-state index contributed by atoms with van der Waals surface area (Å²) in [5.41, 5.74) is 4.38. The predicted octanol–water partition coefficient (Wildman–Crippen LogP) is 4.51. The van der Waals surface area contributed by atoms with Crippen LogP contribution >= 0.6 is 0 Å². The van der Waals surface area contributed by atoms with Gasteiger partial charge in [0.25, 0.3) is 5.91 Å². The average molecular weight is 638 g/mol. The van der Waals surface area contributed by atoms with Crippen LogP contribution in [0.3, 0.4) is 0 Å². The van der Waals surface area contributed by atoms with Crippen LogP contribution in [0.4, 0.5) is 10.6 Å². The van der Waals surface area contributed by atoms with E-state index < -0.39 is 0 Å². The summed E-state index contributed by atoms with van der Waals surface area (Å²) in [7, 11) is 1.70. The minimum absolute atomic E-state index is 0.0121. The summed E-state index contributed by atoms with van der Waals surface area (Å²) in [5, 5.41) is 24.2. The van der Waals surface area contributed by atoms with E-state index in [1.165, 1.54) is 5.56 Å². The molecule has 0 radical (unpaired) electrons. The molecule has 1 aliphatic carbocycles. The number of aliphatic hydroxyl groups excluding tert-OH is 1. The number of hydrogen-bond donors (Lipinski definition) is 4. The van der Waals surface area contributed by atoms with E-state index in [-0.39, 0.29) is 36.0 Å². The Morgan fingerprint density at radius 3 is 2.40 bits per heavy atom. The number of benzene rings is 2. The maximum atomic E-state index is 13.7. The molecule has 0 bridgehead atoms. The number of aliphatic hydroxyl groups is 1. The van der Waals surface area contributed by atoms with E-state index in [4.69, 9.17) is 9.84 Å². The SMILES string of the molecule is COCCN1C[C@@H](NC(=O)Nc2c(C)c(-c3ccnc(C(=O)N[C@H]4CC[C@H](O)CC4)c3)nn2-c2ccccc2)[C@H](c2ccccc2)C1. The van der Waals surface area contributed by atoms with Gasteiger partial charge < -0.3 is 20.5 Å². The number of methoxy groups -OCH3 is 1. The van der Waals surface area contributed by atoms with E-state index in [9.17, 15) is 14.7 Å². The van der Waals surface area contributed by atoms with E-state index in [0.29, 0.717) is 48.8 Å². The number of para-hydroxylation sites is 1. The fraction of sp³-hybridized carbons (Fsp3) is 0.389. The zero-order valence-corrected chi connectivity index (χ0v) is 26.9. The van der Waals surface area contributed by atoms with Crippen LogP contribution in [0.5, 0.6) is 0 Å². The standard InChI is InChI=1S/C36H43N7O4/c1-24-33(26-17-18-37-31(21-26)35(45)38-27-13-15-29(44)16-14-27)41-43(28-11-7-4-8-12-28)34(24)40-36(46)39-32-23-42(19-20-47-2)22-30(32)25-9-5-3-6-10-25/h3-12,17-18,21,27,29-30,32,44H,13-16,19-20,22-23H2,1-2H3,(H,38,45)(H2,39,40,46)/t27-,29-,30-,32+/m0/s1. The number of likely N-dealkylation sites (tertiary alicyclic amines) is 1. The number of pyridine rings is 1. The first-order valence-electron chi connectivity index (χ1n) is 16.3. The first kappa shape index (κ1) is 32.4. The Morgan fingerprint density at radius 2 is 1.68 bits per heavy atom. The van der Waals surface area contributed by atoms with Crippen molar-refractivity contribution in [2.45, 2.75) is 56.7 Å². The number of ether oxygens (including phenoxy) is 1. The third-order valence-corrected chi connectivity index (χ3v) is 9.20. The monoisotopic (exact) mass is 637 g/mol. The normalized spacial score (nSPS) is 21.3. The van der Waals surface area contributed by atoms with Crippen molar-refractivity contribution in [1.82, 2.24) is 30.3 Å². The van der Waals surface area contributed by atoms with Crippen LogP contribution in [0.2, 0.25) is 0 Å². The smallest absolute Gasteiger partial charge is 0.320 e. The molecular weight excluding hydrogens is 594 g/mol. The molecule has 1 saturated heterocycles. The third-order valence-electron chi connectivity index (χ3n) is 9.20. The molecule has 6 rings (SSSR count). The number of aromatic nitrogens is 3. The van der Waals surface area contributed by atoms with Crippen molar-refractivity contribution < 1.29 is 19.4 Å². The molecule has 2 aromatic carbocycles. The Morgan fingerprint density at radius 1 is 0.957 bits per heavy atom. The van der Waals surface area contributed by atoms with E-state index in [2.05, 4.69) is 38.0 Å². The fourth-order valence-corrected chi connectivity index (χ4v) is 6.64. The van der Waals surface area contributed by atoms with Crippen molar-refractivity contribution in [1.29, 1.82) is 0 Å². The van der Waals surface area contributed by atoms with Gasteiger partial charge in [0.15, 0.2) is 0 Å². The largest absolute Gasteiger partial charge is 0.393 e. The molecule has 2 fully saturated rings. The molecule has 3 heterocycles. The average Bonchev–Trinajstić information content (AvgIpc) is 3.65. The summed E-state index contributed by atoms with van der Waals surface area (Å²) < 4.78 is 7.05. The molecule has 4 N–H and O–H groups in total. The van der Waals surface area contributed by atoms with Crippen molar-refractivity contribution in [3.8, 4) is 16.9 Å². The molecule has 0 unspecified atom stereocenters. The number of carbonyl (C=O) groups is 2. The van der Waals surface area contributed by atoms with Gasteiger partial charge in [-0.3, -0.25) is 20.0 Å². The van der Waals surface area contributed by atoms with Gasteiger partial charge in [-0.15, -0.1) is 0 Å². The highest BCUT2D eigenvalue weighted by atomic mass is 16.5. The summed E-state index contributed by atoms with van der Waals surface area (Å²) in [6, 6.07) is 23.1. The number of amides is 3. The van der Waals surface area contributed by atoms with Crippen LogP contribution in [0.15, 0.2) is 79.0 Å². The van der Waals surface area contributed by atoms with Crippen molar-refractivity contribution in [3.05, 3.63) is 95.8 Å². The van der Waals surface area contributed by atoms with Crippen LogP contribution in [0, 0.1) is 6.92 Å². The summed E-state index contributed by atoms with van der Waals surface area (Å²) in [4.78, 5) is 33.5. The van der Waals surface area contributed by atoms with E-state index in [1.807, 2.05) is 61.5 Å². The van der Waals surface area contributed by atoms with Crippen LogP contribution in [0.25, 0.3) is 16.9 Å². The highest BCUT2D eigenvalue weighted by molar-refractivity contribution is 5.94. The first-order valence-corrected chi connectivity index (χ1v) is 16.3. The van der Waals surface area contributed by atoms with Crippen molar-refractivity contribution in [2.24, 2.45) is 0 Å². The van der Waals surface area contributed by atoms with Crippen LogP contribution in [0.1, 0.15) is 53.2 Å². The molecule has 11 nitrogen and oxygen atoms in total. The number of nitrogens with zero attached hydrogens (tertiary/aromatic N) is 4. The number of anilines is 1. The quantitative estimate of drug-likeness (QED) is 0.201. The van der Waals surface area contributed by atoms with Crippen LogP contribution in [-0.2, 0) is 4.74 Å². The molecule has 2 aliphatic rings. The van der Waals surface area contributed by atoms with Crippen molar-refractivity contribution in [2.75, 3.05) is 38.7 Å². The lowest BCUT2D eigenvalue weighted by Gasteiger charge is -2.26. The fourth-order valence-electron chi connectivity index (χ4n) is 6.64. The lowest BCUT2D eigenvalue weighted by atomic mass is 9.93. The molecule has 1 aliphatic heterocycles. The summed E-state index contributed by atoms with van der Waals surface area (Å²) in [6.45, 7) is 4.87. The summed E-state index contributed by atoms with van der Waals surface area (Å²) in [6.07, 6.45) is 4.14. The van der Waals surface area contributed by atoms with Gasteiger partial charge in [0.2, 0.25) is 0 Å². The highest BCUT2D eigenvalue weighted by Gasteiger charge is 2.35. The molecule has 11 heteroatoms. The number of urea groups is 1. The lowest BCUT2D eigenvalue weighted by Crippen LogP contribution is -2.42. The lowest BCUT2D eigenvalue weighted by molar-refractivity contribution is 0.0863. The van der Waals surface area contributed by atoms with Gasteiger partial charge in [0, 0.05) is 56.0 Å². The Balaban J connectivity index is 1.24. The van der Waals surface area contributed by atoms with E-state index in [1.54, 1.807) is 24.1 Å². The number of nitrogens with one attached hydrogen (secondary N) is 3. The second-order valence-electron chi connectivity index (χ2n) is 12.5. The maximum absolute atomic E-state index is 13.7. The molecule has 47 heavy (non-hydrogen) atoms. The molecule has 1 saturated carbocycles. The second-order valence-corrected chi connectivity index (χ2v) is 12.5. The highest BCUT2D eigenvalue weighted by Crippen LogP contribution is 2.32. The Labute approximate surface area is 275 Å². The minimum Gasteiger partial charge on any atom is -0.393 e. The second kappa shape index (κ2) is 14.9. The van der Waals surface area contributed by atoms with Gasteiger partial charge in [0.1, 0.15) is 11.5 Å². The molecule has 0 spiro atoms. The zero-order valence-electron chi connectivity index (χ0n) is 26.9. The van der Waals surface area contributed by atoms with Gasteiger partial charge in [-0.1, -0.05) is 48.5 Å². The third kappa shape index (κ3) is 7.70. The van der Waals surface area contributed by atoms with Crippen molar-refractivity contribution >= 4 is 17.8 Å². The molecule has 2 aromatic heterocycles. The Bertz CT molecular complexity index is 1650. The Hall–Kier alpha value is -4.58. The van der Waals surface area contributed by atoms with Gasteiger partial charge in [0.05, 0.1) is 30.1 Å². The first-order chi connectivity index (χ1) is 22.9. The van der Waals surface area contributed by atoms with Gasteiger partial charge >= 0.3 is 6.03 Å². The Kier molecular flexibility index (Phi) is 10.3. The van der Waals surface area contributed by atoms with Crippen LogP contribution in [-0.4, -0.2) is 88.2 Å². The molecule has 246 valence electrons. The number of carbonyl (C=O) groups excluding carboxylic acids is 2. The van der Waals surface area contributed by atoms with Crippen molar-refractivity contribution in [3.63, 3.8) is 0 Å². The van der Waals surface area contributed by atoms with E-state index >= 15 is 0 Å². The number of hydrogen-bond acceptors (Lipinski definition) is 7. The van der Waals surface area contributed by atoms with Gasteiger partial charge in [-0.25, -0.2) is 9.48 Å². The molecule has 4 aromatic rings. The molecule has 2 atom stereocenters. The van der Waals surface area contributed by atoms with Gasteiger partial charge in [-0.2, -0.15) is 5.10 Å². The minimum atomic E-state index is -0.316. The van der Waals surface area contributed by atoms with Crippen LogP contribution < -0.4 is 16.0 Å². The maximum Gasteiger partial charge on any atom is 0.320 e.